The number of benzene rings is 1. The van der Waals surface area contributed by atoms with Crippen LogP contribution in [0.15, 0.2) is 29.1 Å². The largest absolute Gasteiger partial charge is 0.467 e. The highest BCUT2D eigenvalue weighted by Crippen LogP contribution is 2.07. The van der Waals surface area contributed by atoms with Crippen molar-refractivity contribution in [3.05, 3.63) is 34.6 Å². The maximum absolute atomic E-state index is 12.3. The molecular weight excluding hydrogens is 288 g/mol. The maximum atomic E-state index is 12.3. The fourth-order valence-corrected chi connectivity index (χ4v) is 1.94. The molecule has 116 valence electrons. The summed E-state index contributed by atoms with van der Waals surface area (Å²) in [4.78, 5) is 35.8. The normalized spacial score (nSPS) is 13.4. The van der Waals surface area contributed by atoms with Crippen LogP contribution in [0.2, 0.25) is 0 Å². The monoisotopic (exact) mass is 304 g/mol. The molecule has 1 heterocycles. The molecule has 0 bridgehead atoms. The molecule has 22 heavy (non-hydrogen) atoms. The summed E-state index contributed by atoms with van der Waals surface area (Å²) in [5.41, 5.74) is 0.0401. The van der Waals surface area contributed by atoms with Crippen LogP contribution in [0.1, 0.15) is 19.9 Å². The van der Waals surface area contributed by atoms with E-state index >= 15 is 0 Å². The molecule has 0 aliphatic rings. The number of hydrogen-bond donors (Lipinski definition) is 1. The van der Waals surface area contributed by atoms with Crippen LogP contribution >= 0.6 is 0 Å². The lowest BCUT2D eigenvalue weighted by molar-refractivity contribution is -0.144. The molecular formula is C14H16N4O4. The molecule has 1 aromatic heterocycles. The van der Waals surface area contributed by atoms with Gasteiger partial charge in [0.2, 0.25) is 5.91 Å². The predicted octanol–water partition coefficient (Wildman–Crippen LogP) is 0.0302. The molecule has 1 N–H and O–H groups in total. The molecule has 0 saturated carbocycles. The summed E-state index contributed by atoms with van der Waals surface area (Å²) in [6.45, 7) is 3.00. The lowest BCUT2D eigenvalue weighted by Crippen LogP contribution is -2.44. The van der Waals surface area contributed by atoms with Crippen LogP contribution in [0, 0.1) is 0 Å². The number of nitrogens with one attached hydrogen (secondary N) is 1. The van der Waals surface area contributed by atoms with Crippen LogP contribution in [0.5, 0.6) is 0 Å². The van der Waals surface area contributed by atoms with Gasteiger partial charge in [0, 0.05) is 0 Å². The van der Waals surface area contributed by atoms with E-state index in [1.54, 1.807) is 24.3 Å². The van der Waals surface area contributed by atoms with Gasteiger partial charge in [0.1, 0.15) is 17.6 Å². The third-order valence-electron chi connectivity index (χ3n) is 3.25. The Bertz CT molecular complexity index is 771. The summed E-state index contributed by atoms with van der Waals surface area (Å²) in [5, 5.41) is 10.5. The van der Waals surface area contributed by atoms with Crippen molar-refractivity contribution < 1.29 is 14.3 Å². The van der Waals surface area contributed by atoms with Crippen molar-refractivity contribution in [1.29, 1.82) is 0 Å². The molecule has 0 radical (unpaired) electrons. The fraction of sp³-hybridized carbons (Fsp3) is 0.357. The first-order valence-electron chi connectivity index (χ1n) is 6.68. The number of hydrogen-bond acceptors (Lipinski definition) is 6. The Morgan fingerprint density at radius 1 is 1.27 bits per heavy atom. The zero-order valence-corrected chi connectivity index (χ0v) is 12.4. The molecule has 0 aliphatic carbocycles. The molecule has 2 rings (SSSR count). The van der Waals surface area contributed by atoms with E-state index in [2.05, 4.69) is 20.4 Å². The average Bonchev–Trinajstić information content (AvgIpc) is 2.53. The number of nitrogens with zero attached hydrogens (tertiary/aromatic N) is 3. The lowest BCUT2D eigenvalue weighted by atomic mass is 10.2. The molecule has 2 atom stereocenters. The van der Waals surface area contributed by atoms with E-state index in [4.69, 9.17) is 0 Å². The van der Waals surface area contributed by atoms with Gasteiger partial charge >= 0.3 is 5.97 Å². The molecule has 1 aromatic carbocycles. The lowest BCUT2D eigenvalue weighted by Gasteiger charge is -2.16. The second kappa shape index (κ2) is 6.33. The molecule has 8 heteroatoms. The third-order valence-corrected chi connectivity index (χ3v) is 3.25. The van der Waals surface area contributed by atoms with Gasteiger partial charge in [0.05, 0.1) is 12.5 Å². The Labute approximate surface area is 126 Å². The van der Waals surface area contributed by atoms with E-state index in [-0.39, 0.29) is 0 Å². The number of fused-ring (bicyclic) bond motifs is 1. The van der Waals surface area contributed by atoms with Crippen molar-refractivity contribution in [3.8, 4) is 0 Å². The summed E-state index contributed by atoms with van der Waals surface area (Å²) >= 11 is 0. The minimum absolute atomic E-state index is 0.373. The topological polar surface area (TPSA) is 103 Å². The number of methoxy groups -OCH3 is 1. The highest BCUT2D eigenvalue weighted by molar-refractivity contribution is 5.86. The zero-order valence-electron chi connectivity index (χ0n) is 12.4. The van der Waals surface area contributed by atoms with Crippen LogP contribution in [0.25, 0.3) is 10.9 Å². The predicted molar refractivity (Wildman–Crippen MR) is 78.1 cm³/mol. The van der Waals surface area contributed by atoms with Gasteiger partial charge in [-0.2, -0.15) is 4.68 Å². The van der Waals surface area contributed by atoms with E-state index in [1.165, 1.54) is 21.0 Å². The third kappa shape index (κ3) is 2.95. The van der Waals surface area contributed by atoms with E-state index in [9.17, 15) is 14.4 Å². The number of carbonyl (C=O) groups is 2. The molecule has 2 aromatic rings. The van der Waals surface area contributed by atoms with Gasteiger partial charge < -0.3 is 10.1 Å². The molecule has 8 nitrogen and oxygen atoms in total. The van der Waals surface area contributed by atoms with Crippen molar-refractivity contribution in [1.82, 2.24) is 20.3 Å². The highest BCUT2D eigenvalue weighted by atomic mass is 16.5. The number of ether oxygens (including phenoxy) is 1. The maximum Gasteiger partial charge on any atom is 0.328 e. The molecule has 0 aliphatic heterocycles. The molecule has 0 unspecified atom stereocenters. The molecule has 0 spiro atoms. The van der Waals surface area contributed by atoms with Crippen molar-refractivity contribution in [2.24, 2.45) is 0 Å². The van der Waals surface area contributed by atoms with Crippen LogP contribution in [-0.4, -0.2) is 40.0 Å². The number of rotatable bonds is 4. The highest BCUT2D eigenvalue weighted by Gasteiger charge is 2.23. The number of aromatic nitrogens is 3. The van der Waals surface area contributed by atoms with E-state index in [0.717, 1.165) is 4.68 Å². The first-order valence-corrected chi connectivity index (χ1v) is 6.68. The minimum atomic E-state index is -0.906. The Balaban J connectivity index is 2.28. The van der Waals surface area contributed by atoms with Crippen LogP contribution in [-0.2, 0) is 14.3 Å². The minimum Gasteiger partial charge on any atom is -0.467 e. The first kappa shape index (κ1) is 15.6. The van der Waals surface area contributed by atoms with Gasteiger partial charge in [-0.3, -0.25) is 9.59 Å². The summed E-state index contributed by atoms with van der Waals surface area (Å²) in [5.74, 6) is -1.10. The van der Waals surface area contributed by atoms with Crippen molar-refractivity contribution in [3.63, 3.8) is 0 Å². The van der Waals surface area contributed by atoms with Gasteiger partial charge in [0.25, 0.3) is 5.56 Å². The Kier molecular flexibility index (Phi) is 4.50. The van der Waals surface area contributed by atoms with Gasteiger partial charge in [-0.1, -0.05) is 17.3 Å². The summed E-state index contributed by atoms with van der Waals surface area (Å²) in [7, 11) is 1.23. The second-order valence-electron chi connectivity index (χ2n) is 4.79. The van der Waals surface area contributed by atoms with Crippen LogP contribution in [0.3, 0.4) is 0 Å². The standard InChI is InChI=1S/C14H16N4O4/c1-8(14(21)22-3)15-12(19)9(2)18-13(20)10-6-4-5-7-11(10)16-17-18/h4-9H,1-3H3,(H,15,19)/t8-,9+/m0/s1. The fourth-order valence-electron chi connectivity index (χ4n) is 1.94. The first-order chi connectivity index (χ1) is 10.5. The van der Waals surface area contributed by atoms with E-state index < -0.39 is 29.5 Å². The summed E-state index contributed by atoms with van der Waals surface area (Å²) < 4.78 is 5.52. The smallest absolute Gasteiger partial charge is 0.328 e. The SMILES string of the molecule is COC(=O)[C@H](C)NC(=O)[C@@H](C)n1nnc2ccccc2c1=O. The van der Waals surface area contributed by atoms with Crippen molar-refractivity contribution in [2.45, 2.75) is 25.9 Å². The Morgan fingerprint density at radius 2 is 1.95 bits per heavy atom. The number of amides is 1. The van der Waals surface area contributed by atoms with Gasteiger partial charge in [-0.15, -0.1) is 5.10 Å². The second-order valence-corrected chi connectivity index (χ2v) is 4.79. The number of esters is 1. The summed E-state index contributed by atoms with van der Waals surface area (Å²) in [6, 6.07) is 5.01. The number of carbonyl (C=O) groups excluding carboxylic acids is 2. The quantitative estimate of drug-likeness (QED) is 0.799. The van der Waals surface area contributed by atoms with E-state index in [0.29, 0.717) is 10.9 Å². The van der Waals surface area contributed by atoms with Crippen molar-refractivity contribution in [2.75, 3.05) is 7.11 Å². The molecule has 1 amide bonds. The van der Waals surface area contributed by atoms with Gasteiger partial charge in [-0.25, -0.2) is 4.79 Å². The molecule has 0 saturated heterocycles. The Morgan fingerprint density at radius 3 is 2.64 bits per heavy atom. The van der Waals surface area contributed by atoms with Crippen molar-refractivity contribution >= 4 is 22.8 Å². The van der Waals surface area contributed by atoms with Gasteiger partial charge in [0.15, 0.2) is 0 Å². The molecule has 0 fully saturated rings. The van der Waals surface area contributed by atoms with Gasteiger partial charge in [-0.05, 0) is 26.0 Å². The van der Waals surface area contributed by atoms with Crippen LogP contribution < -0.4 is 10.9 Å². The zero-order chi connectivity index (χ0) is 16.3. The average molecular weight is 304 g/mol. The van der Waals surface area contributed by atoms with E-state index in [1.807, 2.05) is 0 Å². The summed E-state index contributed by atoms with van der Waals surface area (Å²) in [6.07, 6.45) is 0. The Hall–Kier alpha value is -2.77. The van der Waals surface area contributed by atoms with Crippen LogP contribution in [0.4, 0.5) is 0 Å².